The summed E-state index contributed by atoms with van der Waals surface area (Å²) in [6.45, 7) is 2.73. The van der Waals surface area contributed by atoms with E-state index in [1.165, 1.54) is 18.6 Å². The van der Waals surface area contributed by atoms with Crippen molar-refractivity contribution >= 4 is 41.6 Å². The Morgan fingerprint density at radius 3 is 2.60 bits per heavy atom. The molecule has 0 radical (unpaired) electrons. The third-order valence-corrected chi connectivity index (χ3v) is 6.01. The van der Waals surface area contributed by atoms with E-state index in [1.54, 1.807) is 6.07 Å². The van der Waals surface area contributed by atoms with Crippen LogP contribution in [0, 0.1) is 5.41 Å². The number of hydrogen-bond donors (Lipinski definition) is 1. The minimum Gasteiger partial charge on any atom is -0.351 e. The standard InChI is InChI=1S/C13H15BrClNO3S/c1-13(5-2-6-13)8-16-12(17)9-3-4-10(14)11(7-9)20(15,18)19/h3-4,7H,2,5-6,8H2,1H3,(H,16,17). The van der Waals surface area contributed by atoms with E-state index in [2.05, 4.69) is 28.2 Å². The first kappa shape index (κ1) is 15.8. The molecule has 0 saturated heterocycles. The zero-order chi connectivity index (χ0) is 15.0. The van der Waals surface area contributed by atoms with Crippen LogP contribution in [0.4, 0.5) is 0 Å². The predicted octanol–water partition coefficient (Wildman–Crippen LogP) is 3.30. The van der Waals surface area contributed by atoms with Crippen LogP contribution in [0.1, 0.15) is 36.5 Å². The van der Waals surface area contributed by atoms with Crippen LogP contribution in [0.5, 0.6) is 0 Å². The van der Waals surface area contributed by atoms with Crippen LogP contribution in [0.25, 0.3) is 0 Å². The molecule has 1 aliphatic carbocycles. The monoisotopic (exact) mass is 379 g/mol. The number of benzene rings is 1. The Morgan fingerprint density at radius 2 is 2.10 bits per heavy atom. The van der Waals surface area contributed by atoms with E-state index < -0.39 is 9.05 Å². The largest absolute Gasteiger partial charge is 0.351 e. The summed E-state index contributed by atoms with van der Waals surface area (Å²) in [4.78, 5) is 12.0. The van der Waals surface area contributed by atoms with Crippen molar-refractivity contribution in [2.45, 2.75) is 31.1 Å². The molecule has 20 heavy (non-hydrogen) atoms. The maximum atomic E-state index is 12.1. The van der Waals surface area contributed by atoms with Crippen molar-refractivity contribution in [2.75, 3.05) is 6.54 Å². The fourth-order valence-electron chi connectivity index (χ4n) is 2.18. The van der Waals surface area contributed by atoms with Gasteiger partial charge in [0.05, 0.1) is 4.90 Å². The molecule has 2 rings (SSSR count). The Hall–Kier alpha value is -0.590. The van der Waals surface area contributed by atoms with Crippen LogP contribution >= 0.6 is 26.6 Å². The topological polar surface area (TPSA) is 63.2 Å². The summed E-state index contributed by atoms with van der Waals surface area (Å²) >= 11 is 3.11. The van der Waals surface area contributed by atoms with Gasteiger partial charge in [0.25, 0.3) is 15.0 Å². The van der Waals surface area contributed by atoms with Crippen molar-refractivity contribution < 1.29 is 13.2 Å². The van der Waals surface area contributed by atoms with Crippen molar-refractivity contribution in [2.24, 2.45) is 5.41 Å². The molecule has 7 heteroatoms. The van der Waals surface area contributed by atoms with Gasteiger partial charge in [0.1, 0.15) is 0 Å². The third kappa shape index (κ3) is 3.54. The molecule has 4 nitrogen and oxygen atoms in total. The highest BCUT2D eigenvalue weighted by atomic mass is 79.9. The van der Waals surface area contributed by atoms with Gasteiger partial charge in [0, 0.05) is 27.3 Å². The molecule has 1 saturated carbocycles. The van der Waals surface area contributed by atoms with Crippen LogP contribution in [-0.2, 0) is 9.05 Å². The molecule has 0 aromatic heterocycles. The summed E-state index contributed by atoms with van der Waals surface area (Å²) in [5, 5.41) is 2.85. The minimum atomic E-state index is -3.88. The van der Waals surface area contributed by atoms with Gasteiger partial charge < -0.3 is 5.32 Å². The Bertz CT molecular complexity index is 641. The maximum Gasteiger partial charge on any atom is 0.262 e. The third-order valence-electron chi connectivity index (χ3n) is 3.69. The van der Waals surface area contributed by atoms with Gasteiger partial charge in [-0.25, -0.2) is 8.42 Å². The van der Waals surface area contributed by atoms with Crippen molar-refractivity contribution in [3.8, 4) is 0 Å². The molecule has 1 aromatic rings. The maximum absolute atomic E-state index is 12.1. The second-order valence-electron chi connectivity index (χ2n) is 5.43. The van der Waals surface area contributed by atoms with Gasteiger partial charge in [-0.1, -0.05) is 13.3 Å². The number of nitrogens with one attached hydrogen (secondary N) is 1. The summed E-state index contributed by atoms with van der Waals surface area (Å²) in [6.07, 6.45) is 3.41. The fourth-order valence-corrected chi connectivity index (χ4v) is 4.30. The average molecular weight is 381 g/mol. The molecule has 0 aliphatic heterocycles. The van der Waals surface area contributed by atoms with E-state index >= 15 is 0 Å². The van der Waals surface area contributed by atoms with Crippen LogP contribution in [0.3, 0.4) is 0 Å². The lowest BCUT2D eigenvalue weighted by Crippen LogP contribution is -2.39. The van der Waals surface area contributed by atoms with Gasteiger partial charge in [0.2, 0.25) is 0 Å². The van der Waals surface area contributed by atoms with E-state index in [4.69, 9.17) is 10.7 Å². The first-order valence-corrected chi connectivity index (χ1v) is 9.34. The lowest BCUT2D eigenvalue weighted by molar-refractivity contribution is 0.0890. The highest BCUT2D eigenvalue weighted by molar-refractivity contribution is 9.10. The van der Waals surface area contributed by atoms with E-state index in [0.29, 0.717) is 11.0 Å². The summed E-state index contributed by atoms with van der Waals surface area (Å²) < 4.78 is 23.2. The van der Waals surface area contributed by atoms with Crippen LogP contribution in [0.15, 0.2) is 27.6 Å². The molecule has 1 aliphatic rings. The van der Waals surface area contributed by atoms with Crippen molar-refractivity contribution in [1.82, 2.24) is 5.32 Å². The zero-order valence-corrected chi connectivity index (χ0v) is 14.1. The van der Waals surface area contributed by atoms with Gasteiger partial charge in [-0.05, 0) is 52.4 Å². The molecule has 110 valence electrons. The smallest absolute Gasteiger partial charge is 0.262 e. The van der Waals surface area contributed by atoms with Crippen LogP contribution in [-0.4, -0.2) is 20.9 Å². The molecule has 1 N–H and O–H groups in total. The normalized spacial score (nSPS) is 17.4. The fraction of sp³-hybridized carbons (Fsp3) is 0.462. The first-order chi connectivity index (χ1) is 9.21. The van der Waals surface area contributed by atoms with E-state index in [-0.39, 0.29) is 21.8 Å². The van der Waals surface area contributed by atoms with Crippen molar-refractivity contribution in [1.29, 1.82) is 0 Å². The molecule has 1 amide bonds. The average Bonchev–Trinajstić information content (AvgIpc) is 2.32. The molecule has 1 aromatic carbocycles. The number of rotatable bonds is 4. The Labute approximate surface area is 131 Å². The highest BCUT2D eigenvalue weighted by Crippen LogP contribution is 2.39. The van der Waals surface area contributed by atoms with Gasteiger partial charge in [-0.2, -0.15) is 0 Å². The van der Waals surface area contributed by atoms with Crippen molar-refractivity contribution in [3.05, 3.63) is 28.2 Å². The van der Waals surface area contributed by atoms with E-state index in [9.17, 15) is 13.2 Å². The lowest BCUT2D eigenvalue weighted by atomic mass is 9.70. The summed E-state index contributed by atoms with van der Waals surface area (Å²) in [5.41, 5.74) is 0.460. The second-order valence-corrected chi connectivity index (χ2v) is 8.82. The number of carbonyl (C=O) groups excluding carboxylic acids is 1. The molecular formula is C13H15BrClNO3S. The molecule has 0 unspecified atom stereocenters. The number of carbonyl (C=O) groups is 1. The summed E-state index contributed by atoms with van der Waals surface area (Å²) in [7, 11) is 1.45. The Morgan fingerprint density at radius 1 is 1.45 bits per heavy atom. The van der Waals surface area contributed by atoms with E-state index in [0.717, 1.165) is 12.8 Å². The summed E-state index contributed by atoms with van der Waals surface area (Å²) in [5.74, 6) is -0.285. The molecule has 0 bridgehead atoms. The molecule has 1 fully saturated rings. The lowest BCUT2D eigenvalue weighted by Gasteiger charge is -2.38. The second kappa shape index (κ2) is 5.66. The molecule has 0 atom stereocenters. The van der Waals surface area contributed by atoms with Crippen molar-refractivity contribution in [3.63, 3.8) is 0 Å². The number of hydrogen-bond acceptors (Lipinski definition) is 3. The molecule has 0 heterocycles. The predicted molar refractivity (Wildman–Crippen MR) is 81.5 cm³/mol. The Balaban J connectivity index is 2.14. The Kier molecular flexibility index (Phi) is 4.47. The minimum absolute atomic E-state index is 0.0957. The SMILES string of the molecule is CC1(CNC(=O)c2ccc(Br)c(S(=O)(=O)Cl)c2)CCC1. The highest BCUT2D eigenvalue weighted by Gasteiger charge is 2.32. The number of halogens is 2. The van der Waals surface area contributed by atoms with Crippen LogP contribution in [0.2, 0.25) is 0 Å². The van der Waals surface area contributed by atoms with Crippen LogP contribution < -0.4 is 5.32 Å². The molecular weight excluding hydrogens is 366 g/mol. The molecule has 0 spiro atoms. The van der Waals surface area contributed by atoms with Gasteiger partial charge >= 0.3 is 0 Å². The van der Waals surface area contributed by atoms with Gasteiger partial charge in [-0.3, -0.25) is 4.79 Å². The first-order valence-electron chi connectivity index (χ1n) is 6.24. The quantitative estimate of drug-likeness (QED) is 0.815. The number of amides is 1. The summed E-state index contributed by atoms with van der Waals surface area (Å²) in [6, 6.07) is 4.36. The van der Waals surface area contributed by atoms with Gasteiger partial charge in [-0.15, -0.1) is 0 Å². The van der Waals surface area contributed by atoms with E-state index in [1.807, 2.05) is 0 Å². The zero-order valence-electron chi connectivity index (χ0n) is 10.9. The van der Waals surface area contributed by atoms with Gasteiger partial charge in [0.15, 0.2) is 0 Å².